The molecule has 0 fully saturated rings. The predicted molar refractivity (Wildman–Crippen MR) is 83.4 cm³/mol. The molecule has 0 aliphatic carbocycles. The molecule has 0 rings (SSSR count). The van der Waals surface area contributed by atoms with Gasteiger partial charge in [-0.2, -0.15) is 0 Å². The number of hydrogen-bond donors (Lipinski definition) is 2. The van der Waals surface area contributed by atoms with Gasteiger partial charge < -0.3 is 10.2 Å². The first-order chi connectivity index (χ1) is 9.20. The molecule has 0 aliphatic heterocycles. The molecule has 2 N–H and O–H groups in total. The molecular formula is C17H36O2. The van der Waals surface area contributed by atoms with Crippen LogP contribution >= 0.6 is 0 Å². The highest BCUT2D eigenvalue weighted by molar-refractivity contribution is 4.55. The van der Waals surface area contributed by atoms with E-state index in [0.717, 1.165) is 25.7 Å². The molecule has 0 bridgehead atoms. The van der Waals surface area contributed by atoms with Gasteiger partial charge in [-0.15, -0.1) is 0 Å². The molecule has 0 aromatic heterocycles. The summed E-state index contributed by atoms with van der Waals surface area (Å²) in [6.07, 6.45) is 15.2. The lowest BCUT2D eigenvalue weighted by atomic mass is 10.0. The molecule has 0 spiro atoms. The Labute approximate surface area is 120 Å². The first kappa shape index (κ1) is 18.9. The smallest absolute Gasteiger partial charge is 0.0537 e. The summed E-state index contributed by atoms with van der Waals surface area (Å²) in [7, 11) is 0. The lowest BCUT2D eigenvalue weighted by molar-refractivity contribution is 0.156. The van der Waals surface area contributed by atoms with Crippen molar-refractivity contribution in [3.05, 3.63) is 0 Å². The van der Waals surface area contributed by atoms with Crippen LogP contribution in [0.4, 0.5) is 0 Å². The summed E-state index contributed by atoms with van der Waals surface area (Å²) >= 11 is 0. The van der Waals surface area contributed by atoms with Crippen LogP contribution in [-0.4, -0.2) is 22.4 Å². The molecule has 0 amide bonds. The zero-order valence-electron chi connectivity index (χ0n) is 13.2. The fraction of sp³-hybridized carbons (Fsp3) is 1.00. The lowest BCUT2D eigenvalue weighted by Crippen LogP contribution is -2.03. The van der Waals surface area contributed by atoms with E-state index in [4.69, 9.17) is 0 Å². The summed E-state index contributed by atoms with van der Waals surface area (Å²) in [5, 5.41) is 18.8. The molecule has 2 nitrogen and oxygen atoms in total. The Bertz CT molecular complexity index is 153. The van der Waals surface area contributed by atoms with Crippen LogP contribution in [-0.2, 0) is 0 Å². The third kappa shape index (κ3) is 14.1. The van der Waals surface area contributed by atoms with Gasteiger partial charge in [0.15, 0.2) is 0 Å². The third-order valence-corrected chi connectivity index (χ3v) is 4.02. The molecule has 2 atom stereocenters. The standard InChI is InChI=1S/C17H36O2/c1-3-16(18)14-12-10-8-6-5-7-9-11-13-15-17(19)4-2/h16-19H,3-15H2,1-2H3. The van der Waals surface area contributed by atoms with E-state index in [0.29, 0.717) is 0 Å². The van der Waals surface area contributed by atoms with Crippen LogP contribution in [0.2, 0.25) is 0 Å². The van der Waals surface area contributed by atoms with Gasteiger partial charge in [-0.05, 0) is 25.7 Å². The Hall–Kier alpha value is -0.0800. The van der Waals surface area contributed by atoms with Crippen molar-refractivity contribution in [1.29, 1.82) is 0 Å². The highest BCUT2D eigenvalue weighted by atomic mass is 16.3. The topological polar surface area (TPSA) is 40.5 Å². The quantitative estimate of drug-likeness (QED) is 0.445. The maximum atomic E-state index is 9.42. The van der Waals surface area contributed by atoms with E-state index in [-0.39, 0.29) is 12.2 Å². The van der Waals surface area contributed by atoms with Crippen molar-refractivity contribution in [2.75, 3.05) is 0 Å². The van der Waals surface area contributed by atoms with Gasteiger partial charge >= 0.3 is 0 Å². The minimum Gasteiger partial charge on any atom is -0.393 e. The van der Waals surface area contributed by atoms with Gasteiger partial charge in [0.25, 0.3) is 0 Å². The van der Waals surface area contributed by atoms with Crippen LogP contribution < -0.4 is 0 Å². The zero-order chi connectivity index (χ0) is 14.3. The van der Waals surface area contributed by atoms with E-state index in [2.05, 4.69) is 0 Å². The average molecular weight is 272 g/mol. The molecular weight excluding hydrogens is 236 g/mol. The second-order valence-electron chi connectivity index (χ2n) is 5.88. The van der Waals surface area contributed by atoms with Gasteiger partial charge in [-0.25, -0.2) is 0 Å². The Morgan fingerprint density at radius 1 is 0.526 bits per heavy atom. The van der Waals surface area contributed by atoms with Gasteiger partial charge in [0.1, 0.15) is 0 Å². The van der Waals surface area contributed by atoms with Gasteiger partial charge in [-0.3, -0.25) is 0 Å². The molecule has 116 valence electrons. The van der Waals surface area contributed by atoms with Gasteiger partial charge in [-0.1, -0.05) is 71.6 Å². The number of aliphatic hydroxyl groups excluding tert-OH is 2. The fourth-order valence-corrected chi connectivity index (χ4v) is 2.41. The maximum Gasteiger partial charge on any atom is 0.0537 e. The van der Waals surface area contributed by atoms with Crippen LogP contribution in [0, 0.1) is 0 Å². The predicted octanol–water partition coefficient (Wildman–Crippen LogP) is 4.82. The largest absolute Gasteiger partial charge is 0.393 e. The van der Waals surface area contributed by atoms with Crippen molar-refractivity contribution in [3.63, 3.8) is 0 Å². The SMILES string of the molecule is CCC(O)CCCCCCCCCCCC(O)CC. The molecule has 2 heteroatoms. The normalized spacial score (nSPS) is 14.5. The number of unbranched alkanes of at least 4 members (excludes halogenated alkanes) is 8. The van der Waals surface area contributed by atoms with Crippen molar-refractivity contribution in [2.24, 2.45) is 0 Å². The minimum atomic E-state index is -0.0709. The summed E-state index contributed by atoms with van der Waals surface area (Å²) in [6.45, 7) is 4.09. The Morgan fingerprint density at radius 3 is 1.05 bits per heavy atom. The van der Waals surface area contributed by atoms with Gasteiger partial charge in [0.2, 0.25) is 0 Å². The Kier molecular flexibility index (Phi) is 14.3. The van der Waals surface area contributed by atoms with E-state index < -0.39 is 0 Å². The average Bonchev–Trinajstić information content (AvgIpc) is 2.43. The monoisotopic (exact) mass is 272 g/mol. The summed E-state index contributed by atoms with van der Waals surface area (Å²) in [5.74, 6) is 0. The zero-order valence-corrected chi connectivity index (χ0v) is 13.2. The Morgan fingerprint density at radius 2 is 0.789 bits per heavy atom. The third-order valence-electron chi connectivity index (χ3n) is 4.02. The summed E-state index contributed by atoms with van der Waals surface area (Å²) < 4.78 is 0. The van der Waals surface area contributed by atoms with Crippen LogP contribution in [0.15, 0.2) is 0 Å². The van der Waals surface area contributed by atoms with Crippen LogP contribution in [0.3, 0.4) is 0 Å². The summed E-state index contributed by atoms with van der Waals surface area (Å²) in [6, 6.07) is 0. The first-order valence-electron chi connectivity index (χ1n) is 8.56. The highest BCUT2D eigenvalue weighted by Crippen LogP contribution is 2.13. The van der Waals surface area contributed by atoms with E-state index in [1.54, 1.807) is 0 Å². The Balaban J connectivity index is 3.03. The molecule has 2 unspecified atom stereocenters. The first-order valence-corrected chi connectivity index (χ1v) is 8.56. The van der Waals surface area contributed by atoms with Crippen molar-refractivity contribution < 1.29 is 10.2 Å². The van der Waals surface area contributed by atoms with Gasteiger partial charge in [0, 0.05) is 0 Å². The molecule has 0 radical (unpaired) electrons. The number of hydrogen-bond acceptors (Lipinski definition) is 2. The van der Waals surface area contributed by atoms with Crippen molar-refractivity contribution >= 4 is 0 Å². The maximum absolute atomic E-state index is 9.42. The van der Waals surface area contributed by atoms with Crippen LogP contribution in [0.25, 0.3) is 0 Å². The van der Waals surface area contributed by atoms with Crippen molar-refractivity contribution in [2.45, 2.75) is 110 Å². The van der Waals surface area contributed by atoms with Crippen molar-refractivity contribution in [1.82, 2.24) is 0 Å². The van der Waals surface area contributed by atoms with Crippen LogP contribution in [0.5, 0.6) is 0 Å². The lowest BCUT2D eigenvalue weighted by Gasteiger charge is -2.07. The molecule has 19 heavy (non-hydrogen) atoms. The highest BCUT2D eigenvalue weighted by Gasteiger charge is 2.00. The van der Waals surface area contributed by atoms with E-state index in [9.17, 15) is 10.2 Å². The molecule has 0 heterocycles. The van der Waals surface area contributed by atoms with E-state index in [1.165, 1.54) is 57.8 Å². The second kappa shape index (κ2) is 14.3. The van der Waals surface area contributed by atoms with Gasteiger partial charge in [0.05, 0.1) is 12.2 Å². The molecule has 0 saturated carbocycles. The molecule has 0 aromatic rings. The number of aliphatic hydroxyl groups is 2. The molecule has 0 saturated heterocycles. The molecule has 0 aromatic carbocycles. The summed E-state index contributed by atoms with van der Waals surface area (Å²) in [5.41, 5.74) is 0. The van der Waals surface area contributed by atoms with Crippen LogP contribution in [0.1, 0.15) is 97.3 Å². The number of rotatable bonds is 14. The van der Waals surface area contributed by atoms with Crippen molar-refractivity contribution in [3.8, 4) is 0 Å². The summed E-state index contributed by atoms with van der Waals surface area (Å²) in [4.78, 5) is 0. The van der Waals surface area contributed by atoms with E-state index in [1.807, 2.05) is 13.8 Å². The molecule has 0 aliphatic rings. The van der Waals surface area contributed by atoms with E-state index >= 15 is 0 Å². The second-order valence-corrected chi connectivity index (χ2v) is 5.88. The fourth-order valence-electron chi connectivity index (χ4n) is 2.41. The minimum absolute atomic E-state index is 0.0709.